The number of Topliss-reactive ketones (excluding diaryl/α,β-unsaturated/α-hetero) is 1. The Bertz CT molecular complexity index is 874. The Morgan fingerprint density at radius 2 is 2.39 bits per heavy atom. The lowest BCUT2D eigenvalue weighted by atomic mass is 9.49. The zero-order valence-corrected chi connectivity index (χ0v) is 12.9. The number of ketones is 1. The first-order valence-electron chi connectivity index (χ1n) is 10.0. The van der Waals surface area contributed by atoms with E-state index in [1.165, 1.54) is 12.0 Å². The van der Waals surface area contributed by atoms with Gasteiger partial charge in [-0.15, -0.1) is 0 Å². The van der Waals surface area contributed by atoms with Crippen molar-refractivity contribution in [1.82, 2.24) is 4.90 Å². The monoisotopic (exact) mass is 319 g/mol. The zero-order chi connectivity index (χ0) is 19.4. The fraction of sp³-hybridized carbons (Fsp3) is 0.611. The minimum Gasteiger partial charge on any atom is -0.493 e. The number of methoxy groups -OCH3 is 1. The molecule has 1 aromatic carbocycles. The molecule has 0 aromatic heterocycles. The number of likely N-dealkylation sites (N-methyl/N-ethyl adjacent to an activating group) is 1. The SMILES string of the molecule is [2H]C([2H])([2H])N1CC[C@]23c4c5ccc(OC)c4OC2([2H])C(=O)CC[C@@]3(O)[C@H]1C5. The molecular formula is C18H21NO4. The lowest BCUT2D eigenvalue weighted by Crippen LogP contribution is -2.76. The van der Waals surface area contributed by atoms with Crippen LogP contribution in [-0.2, 0) is 16.6 Å². The molecule has 5 rings (SSSR count). The highest BCUT2D eigenvalue weighted by Crippen LogP contribution is 2.64. The number of ether oxygens (including phenoxy) is 2. The molecule has 0 amide bonds. The second-order valence-corrected chi connectivity index (χ2v) is 6.98. The van der Waals surface area contributed by atoms with E-state index in [0.29, 0.717) is 23.5 Å². The van der Waals surface area contributed by atoms with Crippen molar-refractivity contribution in [3.63, 3.8) is 0 Å². The molecule has 1 saturated carbocycles. The predicted octanol–water partition coefficient (Wildman–Crippen LogP) is 1.05. The molecule has 0 radical (unpaired) electrons. The second kappa shape index (κ2) is 4.08. The van der Waals surface area contributed by atoms with E-state index in [9.17, 15) is 9.90 Å². The minimum atomic E-state index is -2.36. The van der Waals surface area contributed by atoms with Gasteiger partial charge in [0.1, 0.15) is 0 Å². The quantitative estimate of drug-likeness (QED) is 0.838. The Morgan fingerprint density at radius 1 is 1.52 bits per heavy atom. The Hall–Kier alpha value is -1.59. The number of carbonyl (C=O) groups is 1. The number of hydrogen-bond acceptors (Lipinski definition) is 5. The van der Waals surface area contributed by atoms with E-state index in [1.807, 2.05) is 6.07 Å². The summed E-state index contributed by atoms with van der Waals surface area (Å²) in [5.74, 6) is 0.398. The Kier molecular flexibility index (Phi) is 1.83. The van der Waals surface area contributed by atoms with Crippen LogP contribution in [0.3, 0.4) is 0 Å². The van der Waals surface area contributed by atoms with Crippen LogP contribution in [-0.4, -0.2) is 54.1 Å². The summed E-state index contributed by atoms with van der Waals surface area (Å²) in [5.41, 5.74) is -1.33. The summed E-state index contributed by atoms with van der Waals surface area (Å²) in [5, 5.41) is 11.9. The van der Waals surface area contributed by atoms with Gasteiger partial charge in [0.2, 0.25) is 0 Å². The number of carbonyl (C=O) groups excluding carboxylic acids is 1. The van der Waals surface area contributed by atoms with Crippen molar-refractivity contribution in [2.75, 3.05) is 20.6 Å². The first-order valence-corrected chi connectivity index (χ1v) is 8.02. The van der Waals surface area contributed by atoms with Crippen LogP contribution in [0.15, 0.2) is 12.1 Å². The maximum absolute atomic E-state index is 12.9. The van der Waals surface area contributed by atoms with E-state index in [4.69, 9.17) is 15.0 Å². The molecule has 2 aliphatic carbocycles. The van der Waals surface area contributed by atoms with Crippen molar-refractivity contribution < 1.29 is 24.9 Å². The summed E-state index contributed by atoms with van der Waals surface area (Å²) in [4.78, 5) is 14.2. The van der Waals surface area contributed by atoms with E-state index in [1.54, 1.807) is 6.07 Å². The first-order chi connectivity index (χ1) is 12.6. The van der Waals surface area contributed by atoms with Crippen molar-refractivity contribution in [1.29, 1.82) is 0 Å². The van der Waals surface area contributed by atoms with Gasteiger partial charge in [0.25, 0.3) is 0 Å². The fourth-order valence-corrected chi connectivity index (χ4v) is 5.24. The van der Waals surface area contributed by atoms with Crippen molar-refractivity contribution in [2.24, 2.45) is 0 Å². The van der Waals surface area contributed by atoms with Gasteiger partial charge in [-0.25, -0.2) is 0 Å². The number of benzene rings is 1. The van der Waals surface area contributed by atoms with Gasteiger partial charge in [-0.1, -0.05) is 6.07 Å². The number of piperidine rings is 1. The van der Waals surface area contributed by atoms with Gasteiger partial charge < -0.3 is 19.5 Å². The highest BCUT2D eigenvalue weighted by atomic mass is 16.5. The van der Waals surface area contributed by atoms with Crippen LogP contribution in [0.4, 0.5) is 0 Å². The molecule has 1 unspecified atom stereocenters. The molecule has 122 valence electrons. The normalized spacial score (nSPS) is 46.9. The average Bonchev–Trinajstić information content (AvgIpc) is 2.86. The van der Waals surface area contributed by atoms with Crippen LogP contribution in [0.25, 0.3) is 0 Å². The van der Waals surface area contributed by atoms with Crippen LogP contribution < -0.4 is 9.47 Å². The summed E-state index contributed by atoms with van der Waals surface area (Å²) in [6.45, 7) is -2.20. The minimum absolute atomic E-state index is 0.0152. The standard InChI is InChI=1S/C18H21NO4/c1-19-8-7-17-14-10-3-4-12(22-2)15(14)23-16(17)11(20)5-6-18(17,21)13(19)9-10/h3-4,13,16,21H,5-9H2,1-2H3/t13-,16?,17+,18-/m1/s1/i1D3,16D. The van der Waals surface area contributed by atoms with Gasteiger partial charge in [0.15, 0.2) is 23.4 Å². The average molecular weight is 319 g/mol. The topological polar surface area (TPSA) is 59.0 Å². The Morgan fingerprint density at radius 3 is 3.17 bits per heavy atom. The van der Waals surface area contributed by atoms with Crippen molar-refractivity contribution in [3.8, 4) is 11.5 Å². The first kappa shape index (κ1) is 10.3. The number of nitrogens with zero attached hydrogens (tertiary/aromatic N) is 1. The smallest absolute Gasteiger partial charge is 0.174 e. The molecule has 1 saturated heterocycles. The van der Waals surface area contributed by atoms with Gasteiger partial charge in [0.05, 0.1) is 19.5 Å². The lowest BCUT2D eigenvalue weighted by molar-refractivity contribution is -0.185. The maximum atomic E-state index is 12.9. The summed E-state index contributed by atoms with van der Waals surface area (Å²) in [7, 11) is 1.49. The molecular weight excluding hydrogens is 294 g/mol. The molecule has 5 heteroatoms. The molecule has 4 aliphatic rings. The summed E-state index contributed by atoms with van der Waals surface area (Å²) < 4.78 is 44.2. The van der Waals surface area contributed by atoms with E-state index in [-0.39, 0.29) is 31.6 Å². The van der Waals surface area contributed by atoms with Crippen LogP contribution >= 0.6 is 0 Å². The highest BCUT2D eigenvalue weighted by Gasteiger charge is 2.72. The molecule has 1 N–H and O–H groups in total. The van der Waals surface area contributed by atoms with Crippen LogP contribution in [0.2, 0.25) is 0 Å². The van der Waals surface area contributed by atoms with Crippen molar-refractivity contribution in [3.05, 3.63) is 23.3 Å². The molecule has 2 bridgehead atoms. The predicted molar refractivity (Wildman–Crippen MR) is 83.0 cm³/mol. The van der Waals surface area contributed by atoms with Crippen molar-refractivity contribution >= 4 is 5.78 Å². The van der Waals surface area contributed by atoms with E-state index < -0.39 is 30.1 Å². The third kappa shape index (κ3) is 1.32. The third-order valence-electron chi connectivity index (χ3n) is 6.24. The van der Waals surface area contributed by atoms with Crippen LogP contribution in [0, 0.1) is 0 Å². The molecule has 1 spiro atoms. The lowest BCUT2D eigenvalue weighted by Gasteiger charge is -2.62. The number of rotatable bonds is 1. The van der Waals surface area contributed by atoms with Gasteiger partial charge in [-0.2, -0.15) is 0 Å². The molecule has 23 heavy (non-hydrogen) atoms. The Labute approximate surface area is 140 Å². The number of hydrogen-bond donors (Lipinski definition) is 1. The summed E-state index contributed by atoms with van der Waals surface area (Å²) >= 11 is 0. The van der Waals surface area contributed by atoms with Crippen LogP contribution in [0.5, 0.6) is 11.5 Å². The number of likely N-dealkylation sites (tertiary alicyclic amines) is 1. The number of aliphatic hydroxyl groups is 1. The Balaban J connectivity index is 1.84. The van der Waals surface area contributed by atoms with Crippen molar-refractivity contribution in [2.45, 2.75) is 48.8 Å². The second-order valence-electron chi connectivity index (χ2n) is 6.98. The molecule has 2 heterocycles. The zero-order valence-electron chi connectivity index (χ0n) is 16.9. The van der Waals surface area contributed by atoms with Gasteiger partial charge in [-0.3, -0.25) is 4.79 Å². The molecule has 1 aromatic rings. The molecule has 2 fully saturated rings. The van der Waals surface area contributed by atoms with E-state index in [0.717, 1.165) is 5.56 Å². The van der Waals surface area contributed by atoms with Gasteiger partial charge in [0, 0.05) is 22.1 Å². The highest BCUT2D eigenvalue weighted by molar-refractivity contribution is 5.90. The fourth-order valence-electron chi connectivity index (χ4n) is 5.24. The van der Waals surface area contributed by atoms with E-state index in [2.05, 4.69) is 0 Å². The molecule has 4 atom stereocenters. The van der Waals surface area contributed by atoms with Crippen LogP contribution in [0.1, 0.15) is 35.9 Å². The summed E-state index contributed by atoms with van der Waals surface area (Å²) in [6, 6.07) is 2.85. The molecule has 5 nitrogen and oxygen atoms in total. The van der Waals surface area contributed by atoms with E-state index >= 15 is 0 Å². The summed E-state index contributed by atoms with van der Waals surface area (Å²) in [6.07, 6.45) is -1.36. The largest absolute Gasteiger partial charge is 0.493 e. The molecule has 2 aliphatic heterocycles. The maximum Gasteiger partial charge on any atom is 0.174 e. The third-order valence-corrected chi connectivity index (χ3v) is 6.24. The van der Waals surface area contributed by atoms with Gasteiger partial charge >= 0.3 is 0 Å². The van der Waals surface area contributed by atoms with Gasteiger partial charge in [-0.05, 0) is 44.4 Å².